The lowest BCUT2D eigenvalue weighted by Crippen LogP contribution is -2.35. The van der Waals surface area contributed by atoms with E-state index >= 15 is 0 Å². The molecule has 1 atom stereocenters. The van der Waals surface area contributed by atoms with Crippen LogP contribution in [0.2, 0.25) is 0 Å². The van der Waals surface area contributed by atoms with Gasteiger partial charge in [0.05, 0.1) is 12.6 Å². The van der Waals surface area contributed by atoms with Gasteiger partial charge >= 0.3 is 0 Å². The topological polar surface area (TPSA) is 58.2 Å². The fourth-order valence-corrected chi connectivity index (χ4v) is 2.10. The van der Waals surface area contributed by atoms with E-state index in [4.69, 9.17) is 0 Å². The Balaban J connectivity index is 0.00000220. The van der Waals surface area contributed by atoms with E-state index in [-0.39, 0.29) is 18.2 Å². The van der Waals surface area contributed by atoms with Gasteiger partial charge in [0.1, 0.15) is 0 Å². The molecule has 21 heavy (non-hydrogen) atoms. The van der Waals surface area contributed by atoms with E-state index in [9.17, 15) is 18.4 Å². The van der Waals surface area contributed by atoms with Crippen LogP contribution < -0.4 is 10.6 Å². The molecule has 2 rings (SSSR count). The second-order valence-corrected chi connectivity index (χ2v) is 4.84. The van der Waals surface area contributed by atoms with Gasteiger partial charge in [-0.15, -0.1) is 12.4 Å². The lowest BCUT2D eigenvalue weighted by atomic mass is 10.1. The first kappa shape index (κ1) is 17.5. The molecule has 1 amide bonds. The Morgan fingerprint density at radius 3 is 2.71 bits per heavy atom. The number of benzene rings is 1. The van der Waals surface area contributed by atoms with E-state index in [1.165, 1.54) is 0 Å². The number of anilines is 1. The Kier molecular flexibility index (Phi) is 5.80. The van der Waals surface area contributed by atoms with Gasteiger partial charge in [0, 0.05) is 24.1 Å². The number of Topliss-reactive ketones (excluding diaryl/α,β-unsaturated/α-hetero) is 1. The van der Waals surface area contributed by atoms with Crippen LogP contribution in [0, 0.1) is 0 Å². The van der Waals surface area contributed by atoms with E-state index in [1.807, 2.05) is 0 Å². The quantitative estimate of drug-likeness (QED) is 0.839. The van der Waals surface area contributed by atoms with Crippen LogP contribution in [0.15, 0.2) is 24.3 Å². The zero-order valence-corrected chi connectivity index (χ0v) is 12.3. The lowest BCUT2D eigenvalue weighted by Gasteiger charge is -2.11. The third kappa shape index (κ3) is 4.47. The highest BCUT2D eigenvalue weighted by Crippen LogP contribution is 2.25. The van der Waals surface area contributed by atoms with E-state index < -0.39 is 30.8 Å². The number of alkyl halides is 2. The van der Waals surface area contributed by atoms with E-state index in [1.54, 1.807) is 31.2 Å². The molecule has 1 fully saturated rings. The van der Waals surface area contributed by atoms with Crippen molar-refractivity contribution in [2.45, 2.75) is 31.7 Å². The Bertz CT molecular complexity index is 537. The highest BCUT2D eigenvalue weighted by atomic mass is 35.5. The van der Waals surface area contributed by atoms with Gasteiger partial charge in [-0.05, 0) is 12.1 Å². The SMILES string of the molecule is CCC(=O)c1cccc(NC(=O)C2CC(F)(F)CN2)c1.Cl. The molecular formula is C14H17ClF2N2O2. The molecule has 1 aliphatic rings. The Morgan fingerprint density at radius 2 is 2.14 bits per heavy atom. The maximum Gasteiger partial charge on any atom is 0.262 e. The van der Waals surface area contributed by atoms with Gasteiger partial charge in [-0.3, -0.25) is 14.9 Å². The minimum Gasteiger partial charge on any atom is -0.325 e. The number of rotatable bonds is 4. The van der Waals surface area contributed by atoms with Crippen LogP contribution in [0.3, 0.4) is 0 Å². The van der Waals surface area contributed by atoms with Crippen molar-refractivity contribution in [3.8, 4) is 0 Å². The smallest absolute Gasteiger partial charge is 0.262 e. The van der Waals surface area contributed by atoms with Crippen molar-refractivity contribution in [3.63, 3.8) is 0 Å². The fourth-order valence-electron chi connectivity index (χ4n) is 2.10. The molecule has 1 heterocycles. The van der Waals surface area contributed by atoms with Gasteiger partial charge < -0.3 is 5.32 Å². The molecule has 0 spiro atoms. The predicted octanol–water partition coefficient (Wildman–Crippen LogP) is 2.64. The zero-order valence-electron chi connectivity index (χ0n) is 11.5. The van der Waals surface area contributed by atoms with Crippen LogP contribution in [-0.2, 0) is 4.79 Å². The second-order valence-electron chi connectivity index (χ2n) is 4.84. The highest BCUT2D eigenvalue weighted by Gasteiger charge is 2.42. The molecule has 1 saturated heterocycles. The molecule has 0 aromatic heterocycles. The van der Waals surface area contributed by atoms with Crippen LogP contribution in [0.1, 0.15) is 30.1 Å². The molecule has 0 radical (unpaired) electrons. The van der Waals surface area contributed by atoms with Gasteiger partial charge in [-0.25, -0.2) is 8.78 Å². The molecule has 1 aromatic rings. The normalized spacial score (nSPS) is 19.7. The third-order valence-electron chi connectivity index (χ3n) is 3.20. The summed E-state index contributed by atoms with van der Waals surface area (Å²) in [7, 11) is 0. The van der Waals surface area contributed by atoms with Crippen LogP contribution in [-0.4, -0.2) is 30.2 Å². The van der Waals surface area contributed by atoms with Crippen molar-refractivity contribution < 1.29 is 18.4 Å². The summed E-state index contributed by atoms with van der Waals surface area (Å²) in [5, 5.41) is 5.04. The standard InChI is InChI=1S/C14H16F2N2O2.ClH/c1-2-12(19)9-4-3-5-10(6-9)18-13(20)11-7-14(15,16)8-17-11;/h3-6,11,17H,2,7-8H2,1H3,(H,18,20);1H. The Morgan fingerprint density at radius 1 is 1.43 bits per heavy atom. The van der Waals surface area contributed by atoms with Crippen molar-refractivity contribution in [1.29, 1.82) is 0 Å². The third-order valence-corrected chi connectivity index (χ3v) is 3.20. The molecule has 7 heteroatoms. The van der Waals surface area contributed by atoms with Crippen LogP contribution in [0.5, 0.6) is 0 Å². The molecule has 0 bridgehead atoms. The van der Waals surface area contributed by atoms with Crippen molar-refractivity contribution in [2.24, 2.45) is 0 Å². The first-order valence-corrected chi connectivity index (χ1v) is 6.46. The average molecular weight is 319 g/mol. The van der Waals surface area contributed by atoms with Crippen LogP contribution in [0.4, 0.5) is 14.5 Å². The van der Waals surface area contributed by atoms with Crippen LogP contribution in [0.25, 0.3) is 0 Å². The molecule has 4 nitrogen and oxygen atoms in total. The van der Waals surface area contributed by atoms with E-state index in [2.05, 4.69) is 10.6 Å². The minimum atomic E-state index is -2.85. The number of carbonyl (C=O) groups excluding carboxylic acids is 2. The fraction of sp³-hybridized carbons (Fsp3) is 0.429. The van der Waals surface area contributed by atoms with E-state index in [0.29, 0.717) is 17.7 Å². The number of hydrogen-bond donors (Lipinski definition) is 2. The Labute approximate surface area is 127 Å². The molecule has 1 aromatic carbocycles. The number of carbonyl (C=O) groups is 2. The van der Waals surface area contributed by atoms with Gasteiger partial charge in [-0.1, -0.05) is 19.1 Å². The number of hydrogen-bond acceptors (Lipinski definition) is 3. The summed E-state index contributed by atoms with van der Waals surface area (Å²) in [6.45, 7) is 1.26. The average Bonchev–Trinajstić information content (AvgIpc) is 2.78. The number of ketones is 1. The monoisotopic (exact) mass is 318 g/mol. The molecule has 2 N–H and O–H groups in total. The van der Waals surface area contributed by atoms with Crippen molar-refractivity contribution in [2.75, 3.05) is 11.9 Å². The number of halogens is 3. The lowest BCUT2D eigenvalue weighted by molar-refractivity contribution is -0.118. The summed E-state index contributed by atoms with van der Waals surface area (Å²) in [6.07, 6.45) is -0.139. The molecule has 0 saturated carbocycles. The first-order chi connectivity index (χ1) is 9.41. The van der Waals surface area contributed by atoms with Crippen molar-refractivity contribution >= 4 is 29.8 Å². The first-order valence-electron chi connectivity index (χ1n) is 6.46. The minimum absolute atomic E-state index is 0. The van der Waals surface area contributed by atoms with Gasteiger partial charge in [0.25, 0.3) is 5.92 Å². The summed E-state index contributed by atoms with van der Waals surface area (Å²) < 4.78 is 26.0. The Hall–Kier alpha value is -1.53. The van der Waals surface area contributed by atoms with E-state index in [0.717, 1.165) is 0 Å². The summed E-state index contributed by atoms with van der Waals surface area (Å²) in [4.78, 5) is 23.4. The number of amides is 1. The maximum absolute atomic E-state index is 13.0. The van der Waals surface area contributed by atoms with Gasteiger partial charge in [-0.2, -0.15) is 0 Å². The molecule has 1 unspecified atom stereocenters. The zero-order chi connectivity index (χ0) is 14.8. The van der Waals surface area contributed by atoms with Crippen molar-refractivity contribution in [1.82, 2.24) is 5.32 Å². The van der Waals surface area contributed by atoms with Gasteiger partial charge in [0.15, 0.2) is 5.78 Å². The summed E-state index contributed by atoms with van der Waals surface area (Å²) in [6, 6.07) is 5.57. The summed E-state index contributed by atoms with van der Waals surface area (Å²) in [5.41, 5.74) is 0.932. The van der Waals surface area contributed by atoms with Crippen molar-refractivity contribution in [3.05, 3.63) is 29.8 Å². The molecule has 1 aliphatic heterocycles. The highest BCUT2D eigenvalue weighted by molar-refractivity contribution is 5.99. The van der Waals surface area contributed by atoms with Crippen LogP contribution >= 0.6 is 12.4 Å². The molecule has 116 valence electrons. The maximum atomic E-state index is 13.0. The largest absolute Gasteiger partial charge is 0.325 e. The molecule has 0 aliphatic carbocycles. The molecular weight excluding hydrogens is 302 g/mol. The summed E-state index contributed by atoms with van der Waals surface area (Å²) >= 11 is 0. The second kappa shape index (κ2) is 6.95. The summed E-state index contributed by atoms with van der Waals surface area (Å²) in [5.74, 6) is -3.39. The number of nitrogens with one attached hydrogen (secondary N) is 2. The predicted molar refractivity (Wildman–Crippen MR) is 78.3 cm³/mol. The van der Waals surface area contributed by atoms with Gasteiger partial charge in [0.2, 0.25) is 5.91 Å².